The molecule has 0 atom stereocenters. The van der Waals surface area contributed by atoms with Gasteiger partial charge in [-0.25, -0.2) is 0 Å². The number of aryl methyl sites for hydroxylation is 3. The Morgan fingerprint density at radius 2 is 1.88 bits per heavy atom. The zero-order chi connectivity index (χ0) is 18.6. The normalized spacial score (nSPS) is 11.6. The number of aromatic nitrogens is 2. The van der Waals surface area contributed by atoms with Crippen LogP contribution in [-0.4, -0.2) is 44.9 Å². The molecular weight excluding hydrogens is 314 g/mol. The molecule has 1 heterocycles. The van der Waals surface area contributed by atoms with Crippen molar-refractivity contribution in [3.63, 3.8) is 0 Å². The number of likely N-dealkylation sites (N-methyl/N-ethyl adjacent to an activating group) is 1. The van der Waals surface area contributed by atoms with Gasteiger partial charge in [-0.3, -0.25) is 9.48 Å². The average molecular weight is 343 g/mol. The first-order valence-corrected chi connectivity index (χ1v) is 8.73. The maximum absolute atomic E-state index is 12.5. The maximum Gasteiger partial charge on any atom is 0.253 e. The van der Waals surface area contributed by atoms with Crippen molar-refractivity contribution in [2.75, 3.05) is 13.6 Å². The molecule has 0 bridgehead atoms. The Balaban J connectivity index is 1.91. The summed E-state index contributed by atoms with van der Waals surface area (Å²) in [6, 6.07) is 9.69. The number of nitrogens with zero attached hydrogens (tertiary/aromatic N) is 3. The van der Waals surface area contributed by atoms with E-state index in [0.717, 1.165) is 23.4 Å². The van der Waals surface area contributed by atoms with E-state index in [1.807, 2.05) is 69.8 Å². The smallest absolute Gasteiger partial charge is 0.253 e. The Bertz CT molecular complexity index is 712. The summed E-state index contributed by atoms with van der Waals surface area (Å²) >= 11 is 0. The van der Waals surface area contributed by atoms with E-state index in [9.17, 15) is 9.90 Å². The van der Waals surface area contributed by atoms with Gasteiger partial charge in [-0.05, 0) is 64.3 Å². The number of aliphatic hydroxyl groups is 1. The van der Waals surface area contributed by atoms with Crippen LogP contribution in [-0.2, 0) is 13.0 Å². The number of carbonyl (C=O) groups excluding carboxylic acids is 1. The van der Waals surface area contributed by atoms with Crippen LogP contribution in [0.15, 0.2) is 30.3 Å². The van der Waals surface area contributed by atoms with Gasteiger partial charge in [-0.2, -0.15) is 5.10 Å². The topological polar surface area (TPSA) is 58.4 Å². The molecule has 1 aromatic heterocycles. The van der Waals surface area contributed by atoms with Crippen LogP contribution in [0.1, 0.15) is 47.6 Å². The number of amides is 1. The van der Waals surface area contributed by atoms with Crippen LogP contribution in [0, 0.1) is 13.8 Å². The molecular formula is C20H29N3O2. The molecule has 5 heteroatoms. The molecule has 2 aromatic rings. The third-order valence-electron chi connectivity index (χ3n) is 4.32. The molecule has 0 aliphatic carbocycles. The highest BCUT2D eigenvalue weighted by molar-refractivity contribution is 5.94. The lowest BCUT2D eigenvalue weighted by molar-refractivity contribution is 0.0713. The average Bonchev–Trinajstić information content (AvgIpc) is 2.87. The molecule has 0 radical (unpaired) electrons. The van der Waals surface area contributed by atoms with Gasteiger partial charge in [0, 0.05) is 24.8 Å². The minimum absolute atomic E-state index is 0.00979. The number of hydrogen-bond donors (Lipinski definition) is 1. The fourth-order valence-corrected chi connectivity index (χ4v) is 2.73. The van der Waals surface area contributed by atoms with E-state index >= 15 is 0 Å². The minimum Gasteiger partial charge on any atom is -0.390 e. The molecule has 0 aliphatic rings. The van der Waals surface area contributed by atoms with Crippen molar-refractivity contribution in [2.24, 2.45) is 0 Å². The standard InChI is InChI=1S/C20H29N3O2/c1-15-14-16(2)23(21-15)13-12-22(5)19(24)18-8-6-17(7-9-18)10-11-20(3,4)25/h6-9,14,25H,10-13H2,1-5H3. The van der Waals surface area contributed by atoms with Crippen LogP contribution in [0.2, 0.25) is 0 Å². The summed E-state index contributed by atoms with van der Waals surface area (Å²) < 4.78 is 1.93. The molecule has 0 saturated carbocycles. The van der Waals surface area contributed by atoms with Crippen LogP contribution in [0.3, 0.4) is 0 Å². The number of rotatable bonds is 7. The van der Waals surface area contributed by atoms with Gasteiger partial charge in [0.05, 0.1) is 17.8 Å². The summed E-state index contributed by atoms with van der Waals surface area (Å²) in [5.41, 5.74) is 3.24. The van der Waals surface area contributed by atoms with Crippen LogP contribution >= 0.6 is 0 Å². The second-order valence-electron chi connectivity index (χ2n) is 7.39. The van der Waals surface area contributed by atoms with Crippen molar-refractivity contribution in [3.8, 4) is 0 Å². The summed E-state index contributed by atoms with van der Waals surface area (Å²) in [6.45, 7) is 8.91. The van der Waals surface area contributed by atoms with Crippen LogP contribution < -0.4 is 0 Å². The molecule has 0 fully saturated rings. The largest absolute Gasteiger partial charge is 0.390 e. The molecule has 0 unspecified atom stereocenters. The predicted molar refractivity (Wildman–Crippen MR) is 99.7 cm³/mol. The van der Waals surface area contributed by atoms with Gasteiger partial charge in [0.15, 0.2) is 0 Å². The van der Waals surface area contributed by atoms with Crippen molar-refractivity contribution < 1.29 is 9.90 Å². The fraction of sp³-hybridized carbons (Fsp3) is 0.500. The Labute approximate surface area is 150 Å². The highest BCUT2D eigenvalue weighted by atomic mass is 16.3. The predicted octanol–water partition coefficient (Wildman–Crippen LogP) is 2.98. The van der Waals surface area contributed by atoms with E-state index < -0.39 is 5.60 Å². The number of benzene rings is 1. The molecule has 0 aliphatic heterocycles. The van der Waals surface area contributed by atoms with Crippen molar-refractivity contribution in [1.29, 1.82) is 0 Å². The first-order valence-electron chi connectivity index (χ1n) is 8.73. The summed E-state index contributed by atoms with van der Waals surface area (Å²) in [5, 5.41) is 14.2. The molecule has 25 heavy (non-hydrogen) atoms. The number of carbonyl (C=O) groups is 1. The van der Waals surface area contributed by atoms with E-state index in [1.54, 1.807) is 4.90 Å². The lowest BCUT2D eigenvalue weighted by atomic mass is 9.98. The molecule has 5 nitrogen and oxygen atoms in total. The molecule has 0 spiro atoms. The lowest BCUT2D eigenvalue weighted by Crippen LogP contribution is -2.30. The minimum atomic E-state index is -0.669. The molecule has 2 rings (SSSR count). The van der Waals surface area contributed by atoms with E-state index in [2.05, 4.69) is 5.10 Å². The van der Waals surface area contributed by atoms with Crippen molar-refractivity contribution in [3.05, 3.63) is 52.8 Å². The molecule has 1 N–H and O–H groups in total. The highest BCUT2D eigenvalue weighted by Gasteiger charge is 2.14. The third kappa shape index (κ3) is 5.71. The van der Waals surface area contributed by atoms with Gasteiger partial charge in [0.25, 0.3) is 5.91 Å². The Morgan fingerprint density at radius 3 is 2.40 bits per heavy atom. The molecule has 1 aromatic carbocycles. The van der Waals surface area contributed by atoms with Gasteiger partial charge < -0.3 is 10.0 Å². The molecule has 1 amide bonds. The summed E-state index contributed by atoms with van der Waals surface area (Å²) in [4.78, 5) is 14.3. The van der Waals surface area contributed by atoms with E-state index in [0.29, 0.717) is 25.1 Å². The quantitative estimate of drug-likeness (QED) is 0.841. The Morgan fingerprint density at radius 1 is 1.24 bits per heavy atom. The SMILES string of the molecule is Cc1cc(C)n(CCN(C)C(=O)c2ccc(CCC(C)(C)O)cc2)n1. The van der Waals surface area contributed by atoms with Gasteiger partial charge in [0.2, 0.25) is 0 Å². The first kappa shape index (κ1) is 19.2. The van der Waals surface area contributed by atoms with Gasteiger partial charge in [-0.15, -0.1) is 0 Å². The van der Waals surface area contributed by atoms with Crippen LogP contribution in [0.4, 0.5) is 0 Å². The lowest BCUT2D eigenvalue weighted by Gasteiger charge is -2.18. The van der Waals surface area contributed by atoms with Crippen LogP contribution in [0.5, 0.6) is 0 Å². The van der Waals surface area contributed by atoms with Gasteiger partial charge in [-0.1, -0.05) is 12.1 Å². The zero-order valence-electron chi connectivity index (χ0n) is 15.9. The first-order chi connectivity index (χ1) is 11.7. The van der Waals surface area contributed by atoms with Crippen molar-refractivity contribution in [1.82, 2.24) is 14.7 Å². The van der Waals surface area contributed by atoms with Gasteiger partial charge in [0.1, 0.15) is 0 Å². The van der Waals surface area contributed by atoms with E-state index in [4.69, 9.17) is 0 Å². The number of hydrogen-bond acceptors (Lipinski definition) is 3. The third-order valence-corrected chi connectivity index (χ3v) is 4.32. The maximum atomic E-state index is 12.5. The Kier molecular flexibility index (Phi) is 6.01. The monoisotopic (exact) mass is 343 g/mol. The zero-order valence-corrected chi connectivity index (χ0v) is 15.9. The Hall–Kier alpha value is -2.14. The van der Waals surface area contributed by atoms with Gasteiger partial charge >= 0.3 is 0 Å². The second-order valence-corrected chi connectivity index (χ2v) is 7.39. The highest BCUT2D eigenvalue weighted by Crippen LogP contribution is 2.14. The van der Waals surface area contributed by atoms with E-state index in [1.165, 1.54) is 0 Å². The van der Waals surface area contributed by atoms with Crippen molar-refractivity contribution >= 4 is 5.91 Å². The molecule has 0 saturated heterocycles. The summed E-state index contributed by atoms with van der Waals surface area (Å²) in [6.07, 6.45) is 1.49. The van der Waals surface area contributed by atoms with Crippen molar-refractivity contribution in [2.45, 2.75) is 52.7 Å². The fourth-order valence-electron chi connectivity index (χ4n) is 2.73. The van der Waals surface area contributed by atoms with E-state index in [-0.39, 0.29) is 5.91 Å². The van der Waals surface area contributed by atoms with Crippen LogP contribution in [0.25, 0.3) is 0 Å². The summed E-state index contributed by atoms with van der Waals surface area (Å²) in [7, 11) is 1.82. The molecule has 136 valence electrons. The summed E-state index contributed by atoms with van der Waals surface area (Å²) in [5.74, 6) is 0.00979. The second kappa shape index (κ2) is 7.83.